The topological polar surface area (TPSA) is 75.3 Å². The van der Waals surface area contributed by atoms with Crippen LogP contribution in [-0.4, -0.2) is 19.9 Å². The third kappa shape index (κ3) is 4.14. The fourth-order valence-electron chi connectivity index (χ4n) is 10.7. The normalized spacial score (nSPS) is 23.4. The maximum atomic E-state index is 9.80. The Morgan fingerprint density at radius 1 is 0.569 bits per heavy atom. The summed E-state index contributed by atoms with van der Waals surface area (Å²) in [5.41, 5.74) is 10.8. The summed E-state index contributed by atoms with van der Waals surface area (Å²) in [7, 11) is 0. The lowest BCUT2D eigenvalue weighted by molar-refractivity contribution is 0.190. The summed E-state index contributed by atoms with van der Waals surface area (Å²) in [6, 6.07) is 44.9. The number of hydrogen-bond acceptors (Lipinski definition) is 5. The number of hydrogen-bond donors (Lipinski definition) is 0. The molecular weight excluding hydrogens is 623 g/mol. The molecule has 2 aromatic heterocycles. The minimum absolute atomic E-state index is 0.0606. The van der Waals surface area contributed by atoms with E-state index in [4.69, 9.17) is 15.0 Å². The highest BCUT2D eigenvalue weighted by atomic mass is 15.0. The van der Waals surface area contributed by atoms with Crippen molar-refractivity contribution in [3.8, 4) is 62.5 Å². The Morgan fingerprint density at radius 2 is 1.27 bits per heavy atom. The molecule has 7 aromatic rings. The predicted molar refractivity (Wildman–Crippen MR) is 200 cm³/mol. The second-order valence-corrected chi connectivity index (χ2v) is 15.0. The van der Waals surface area contributed by atoms with E-state index >= 15 is 0 Å². The first kappa shape index (κ1) is 28.8. The van der Waals surface area contributed by atoms with Gasteiger partial charge in [0.2, 0.25) is 0 Å². The van der Waals surface area contributed by atoms with Gasteiger partial charge < -0.3 is 0 Å². The Labute approximate surface area is 296 Å². The number of benzene rings is 5. The molecule has 5 heteroatoms. The van der Waals surface area contributed by atoms with E-state index in [9.17, 15) is 5.26 Å². The second-order valence-electron chi connectivity index (χ2n) is 15.0. The average Bonchev–Trinajstić information content (AvgIpc) is 3.74. The number of aromatic nitrogens is 4. The molecule has 1 spiro atoms. The number of rotatable bonds is 4. The maximum Gasteiger partial charge on any atom is 0.164 e. The highest BCUT2D eigenvalue weighted by molar-refractivity contribution is 5.96. The number of pyridine rings is 1. The summed E-state index contributed by atoms with van der Waals surface area (Å²) in [6.07, 6.45) is 7.24. The SMILES string of the molecule is N#Cc1cc2c(cn1)C1(c3cc(-c4nc(-c5ccccc5)nc(-c5ccc(-c6cccc7ccccc67)cc5)n4)ccc3-2)C2CC3CC(C2)C1C3. The first-order valence-corrected chi connectivity index (χ1v) is 18.1. The monoisotopic (exact) mass is 655 g/mol. The van der Waals surface area contributed by atoms with Crippen molar-refractivity contribution in [3.63, 3.8) is 0 Å². The first-order valence-electron chi connectivity index (χ1n) is 18.1. The van der Waals surface area contributed by atoms with Gasteiger partial charge in [-0.05, 0) is 106 Å². The lowest BCUT2D eigenvalue weighted by atomic mass is 9.59. The van der Waals surface area contributed by atoms with Crippen molar-refractivity contribution >= 4 is 10.8 Å². The molecule has 2 heterocycles. The van der Waals surface area contributed by atoms with Crippen LogP contribution in [0.3, 0.4) is 0 Å². The van der Waals surface area contributed by atoms with E-state index in [1.54, 1.807) is 0 Å². The molecule has 5 atom stereocenters. The quantitative estimate of drug-likeness (QED) is 0.189. The summed E-state index contributed by atoms with van der Waals surface area (Å²) in [5.74, 6) is 4.81. The third-order valence-electron chi connectivity index (χ3n) is 12.6. The summed E-state index contributed by atoms with van der Waals surface area (Å²) in [5, 5.41) is 12.3. The molecule has 4 bridgehead atoms. The highest BCUT2D eigenvalue weighted by Gasteiger charge is 2.66. The summed E-state index contributed by atoms with van der Waals surface area (Å²) < 4.78 is 0. The average molecular weight is 656 g/mol. The van der Waals surface area contributed by atoms with E-state index in [2.05, 4.69) is 108 Å². The molecule has 5 aromatic carbocycles. The van der Waals surface area contributed by atoms with E-state index in [-0.39, 0.29) is 5.41 Å². The van der Waals surface area contributed by atoms with E-state index in [0.29, 0.717) is 35.0 Å². The molecule has 0 saturated heterocycles. The van der Waals surface area contributed by atoms with Crippen LogP contribution >= 0.6 is 0 Å². The predicted octanol–water partition coefficient (Wildman–Crippen LogP) is 10.3. The summed E-state index contributed by atoms with van der Waals surface area (Å²) >= 11 is 0. The zero-order valence-corrected chi connectivity index (χ0v) is 28.0. The molecule has 51 heavy (non-hydrogen) atoms. The molecule has 4 fully saturated rings. The summed E-state index contributed by atoms with van der Waals surface area (Å²) in [6.45, 7) is 0. The Bertz CT molecular complexity index is 2580. The van der Waals surface area contributed by atoms with Gasteiger partial charge in [-0.15, -0.1) is 0 Å². The van der Waals surface area contributed by atoms with Gasteiger partial charge in [0.1, 0.15) is 11.8 Å². The number of fused-ring (bicyclic) bond motifs is 4. The van der Waals surface area contributed by atoms with Crippen molar-refractivity contribution in [1.82, 2.24) is 19.9 Å². The van der Waals surface area contributed by atoms with Crippen molar-refractivity contribution in [2.45, 2.75) is 31.1 Å². The van der Waals surface area contributed by atoms with Crippen LogP contribution in [0.4, 0.5) is 0 Å². The van der Waals surface area contributed by atoms with Crippen LogP contribution in [-0.2, 0) is 5.41 Å². The van der Waals surface area contributed by atoms with E-state index in [1.807, 2.05) is 30.5 Å². The van der Waals surface area contributed by atoms with E-state index in [1.165, 1.54) is 64.3 Å². The molecule has 5 nitrogen and oxygen atoms in total. The van der Waals surface area contributed by atoms with Crippen LogP contribution in [0, 0.1) is 35.0 Å². The Kier molecular flexibility index (Phi) is 6.07. The molecule has 0 radical (unpaired) electrons. The molecule has 4 saturated carbocycles. The van der Waals surface area contributed by atoms with Gasteiger partial charge in [0.05, 0.1) is 0 Å². The molecule has 0 N–H and O–H groups in total. The Balaban J connectivity index is 1.06. The molecule has 5 aliphatic carbocycles. The molecule has 5 aliphatic rings. The third-order valence-corrected chi connectivity index (χ3v) is 12.6. The molecule has 0 amide bonds. The first-order chi connectivity index (χ1) is 25.2. The van der Waals surface area contributed by atoms with E-state index in [0.717, 1.165) is 34.1 Å². The van der Waals surface area contributed by atoms with Crippen molar-refractivity contribution in [2.75, 3.05) is 0 Å². The van der Waals surface area contributed by atoms with Crippen LogP contribution in [0.25, 0.3) is 67.2 Å². The molecule has 242 valence electrons. The Hall–Kier alpha value is -5.99. The Morgan fingerprint density at radius 3 is 2.08 bits per heavy atom. The minimum Gasteiger partial charge on any atom is -0.245 e. The fraction of sp³-hybridized carbons (Fsp3) is 0.196. The van der Waals surface area contributed by atoms with Gasteiger partial charge in [-0.25, -0.2) is 19.9 Å². The van der Waals surface area contributed by atoms with Gasteiger partial charge in [-0.3, -0.25) is 0 Å². The number of nitriles is 1. The summed E-state index contributed by atoms with van der Waals surface area (Å²) in [4.78, 5) is 20.0. The molecular formula is C46H33N5. The molecule has 0 aliphatic heterocycles. The maximum absolute atomic E-state index is 9.80. The van der Waals surface area contributed by atoms with Crippen molar-refractivity contribution in [2.24, 2.45) is 23.7 Å². The largest absolute Gasteiger partial charge is 0.245 e. The lowest BCUT2D eigenvalue weighted by Gasteiger charge is -2.43. The van der Waals surface area contributed by atoms with Gasteiger partial charge in [0.25, 0.3) is 0 Å². The zero-order valence-electron chi connectivity index (χ0n) is 28.0. The smallest absolute Gasteiger partial charge is 0.164 e. The van der Waals surface area contributed by atoms with Crippen LogP contribution in [0.15, 0.2) is 128 Å². The van der Waals surface area contributed by atoms with Crippen molar-refractivity contribution in [3.05, 3.63) is 144 Å². The van der Waals surface area contributed by atoms with Crippen LogP contribution in [0.1, 0.15) is 42.5 Å². The van der Waals surface area contributed by atoms with Gasteiger partial charge in [0.15, 0.2) is 17.5 Å². The van der Waals surface area contributed by atoms with Crippen molar-refractivity contribution < 1.29 is 0 Å². The van der Waals surface area contributed by atoms with Gasteiger partial charge >= 0.3 is 0 Å². The second kappa shape index (κ2) is 10.8. The number of nitrogens with zero attached hydrogens (tertiary/aromatic N) is 5. The minimum atomic E-state index is -0.0606. The van der Waals surface area contributed by atoms with Crippen LogP contribution in [0.2, 0.25) is 0 Å². The van der Waals surface area contributed by atoms with Gasteiger partial charge in [0, 0.05) is 28.3 Å². The van der Waals surface area contributed by atoms with Crippen molar-refractivity contribution in [1.29, 1.82) is 5.26 Å². The van der Waals surface area contributed by atoms with Crippen LogP contribution in [0.5, 0.6) is 0 Å². The fourth-order valence-corrected chi connectivity index (χ4v) is 10.7. The van der Waals surface area contributed by atoms with Gasteiger partial charge in [-0.2, -0.15) is 5.26 Å². The lowest BCUT2D eigenvalue weighted by Crippen LogP contribution is -2.40. The highest BCUT2D eigenvalue weighted by Crippen LogP contribution is 2.73. The van der Waals surface area contributed by atoms with Crippen LogP contribution < -0.4 is 0 Å². The molecule has 12 rings (SSSR count). The van der Waals surface area contributed by atoms with Gasteiger partial charge in [-0.1, -0.05) is 109 Å². The van der Waals surface area contributed by atoms with E-state index < -0.39 is 0 Å². The molecule has 5 unspecified atom stereocenters. The zero-order chi connectivity index (χ0) is 33.7. The standard InChI is InChI=1S/C46H33N5/c47-25-35-24-39-38-18-17-32(23-41(38)46(42(39)26-48-35)34-20-27-19-33(22-34)40(46)21-27)45-50-43(30-8-2-1-3-9-30)49-44(51-45)31-15-13-29(14-16-31)37-12-6-10-28-7-4-5-11-36(28)37/h1-18,23-24,26-27,33-34,40H,19-22H2.